The van der Waals surface area contributed by atoms with Crippen molar-refractivity contribution in [2.24, 2.45) is 0 Å². The maximum atomic E-state index is 12.3. The summed E-state index contributed by atoms with van der Waals surface area (Å²) in [5, 5.41) is 9.35. The van der Waals surface area contributed by atoms with Crippen molar-refractivity contribution in [3.05, 3.63) is 42.5 Å². The summed E-state index contributed by atoms with van der Waals surface area (Å²) in [6, 6.07) is 10.5. The fourth-order valence-corrected chi connectivity index (χ4v) is 3.30. The number of hydrogen-bond acceptors (Lipinski definition) is 4. The molecule has 0 saturated carbocycles. The highest BCUT2D eigenvalue weighted by molar-refractivity contribution is 7.91. The molecule has 0 saturated heterocycles. The average Bonchev–Trinajstić information content (AvgIpc) is 2.31. The molecule has 0 atom stereocenters. The van der Waals surface area contributed by atoms with Crippen LogP contribution in [0, 0.1) is 0 Å². The number of sulfone groups is 1. The van der Waals surface area contributed by atoms with E-state index in [1.54, 1.807) is 18.2 Å². The first kappa shape index (κ1) is 10.2. The second kappa shape index (κ2) is 3.24. The largest absolute Gasteiger partial charge is 0.508 e. The third-order valence-electron chi connectivity index (χ3n) is 2.58. The van der Waals surface area contributed by atoms with Crippen LogP contribution < -0.4 is 4.74 Å². The fraction of sp³-hybridized carbons (Fsp3) is 0. The highest BCUT2D eigenvalue weighted by atomic mass is 32.2. The van der Waals surface area contributed by atoms with E-state index < -0.39 is 9.84 Å². The second-order valence-electron chi connectivity index (χ2n) is 3.68. The molecule has 2 aromatic carbocycles. The molecule has 5 heteroatoms. The molecule has 1 N–H and O–H groups in total. The number of hydrogen-bond donors (Lipinski definition) is 1. The number of para-hydroxylation sites is 1. The zero-order chi connectivity index (χ0) is 12.0. The van der Waals surface area contributed by atoms with Crippen molar-refractivity contribution < 1.29 is 18.3 Å². The number of phenolic OH excluding ortho intramolecular Hbond substituents is 1. The van der Waals surface area contributed by atoms with Crippen molar-refractivity contribution >= 4 is 9.84 Å². The number of benzene rings is 2. The van der Waals surface area contributed by atoms with Gasteiger partial charge in [0.05, 0.1) is 0 Å². The summed E-state index contributed by atoms with van der Waals surface area (Å²) in [5.74, 6) is 0.447. The van der Waals surface area contributed by atoms with Crippen LogP contribution >= 0.6 is 0 Å². The molecule has 3 rings (SSSR count). The van der Waals surface area contributed by atoms with Gasteiger partial charge in [0.15, 0.2) is 0 Å². The Kier molecular flexibility index (Phi) is 1.94. The molecule has 17 heavy (non-hydrogen) atoms. The molecule has 4 nitrogen and oxygen atoms in total. The fourth-order valence-electron chi connectivity index (χ4n) is 1.78. The van der Waals surface area contributed by atoms with Gasteiger partial charge in [0.1, 0.15) is 27.0 Å². The van der Waals surface area contributed by atoms with Crippen LogP contribution in [0.25, 0.3) is 0 Å². The molecule has 0 spiro atoms. The second-order valence-corrected chi connectivity index (χ2v) is 5.57. The molecule has 1 aliphatic heterocycles. The summed E-state index contributed by atoms with van der Waals surface area (Å²) in [7, 11) is -3.61. The third-order valence-corrected chi connectivity index (χ3v) is 4.39. The van der Waals surface area contributed by atoms with Gasteiger partial charge in [-0.1, -0.05) is 12.1 Å². The Morgan fingerprint density at radius 3 is 2.47 bits per heavy atom. The standard InChI is InChI=1S/C12H8O4S/c13-8-5-6-10-12(7-8)17(14,15)11-4-2-1-3-9(11)16-10/h1-7,13H. The normalized spacial score (nSPS) is 15.5. The number of rotatable bonds is 0. The monoisotopic (exact) mass is 248 g/mol. The van der Waals surface area contributed by atoms with E-state index in [1.165, 1.54) is 24.3 Å². The number of aromatic hydroxyl groups is 1. The highest BCUT2D eigenvalue weighted by Gasteiger charge is 2.31. The van der Waals surface area contributed by atoms with Crippen molar-refractivity contribution in [3.8, 4) is 17.2 Å². The van der Waals surface area contributed by atoms with Crippen LogP contribution in [0.5, 0.6) is 17.2 Å². The predicted octanol–water partition coefficient (Wildman–Crippen LogP) is 2.33. The van der Waals surface area contributed by atoms with Gasteiger partial charge in [0.25, 0.3) is 0 Å². The predicted molar refractivity (Wildman–Crippen MR) is 60.1 cm³/mol. The first-order chi connectivity index (χ1) is 8.09. The van der Waals surface area contributed by atoms with Gasteiger partial charge in [-0.2, -0.15) is 0 Å². The van der Waals surface area contributed by atoms with Crippen molar-refractivity contribution in [2.75, 3.05) is 0 Å². The molecule has 0 bridgehead atoms. The van der Waals surface area contributed by atoms with Crippen LogP contribution in [0.15, 0.2) is 52.3 Å². The molecule has 0 unspecified atom stereocenters. The SMILES string of the molecule is O=S1(=O)c2ccccc2Oc2ccc(O)cc21. The molecule has 0 radical (unpaired) electrons. The van der Waals surface area contributed by atoms with E-state index >= 15 is 0 Å². The molecule has 0 amide bonds. The van der Waals surface area contributed by atoms with Crippen molar-refractivity contribution in [1.82, 2.24) is 0 Å². The van der Waals surface area contributed by atoms with Crippen molar-refractivity contribution in [2.45, 2.75) is 9.79 Å². The third kappa shape index (κ3) is 1.39. The van der Waals surface area contributed by atoms with E-state index in [2.05, 4.69) is 0 Å². The molecule has 1 heterocycles. The minimum atomic E-state index is -3.61. The van der Waals surface area contributed by atoms with Gasteiger partial charge in [0.2, 0.25) is 9.84 Å². The van der Waals surface area contributed by atoms with Gasteiger partial charge >= 0.3 is 0 Å². The first-order valence-corrected chi connectivity index (χ1v) is 6.42. The molecule has 2 aromatic rings. The van der Waals surface area contributed by atoms with E-state index in [-0.39, 0.29) is 21.3 Å². The Balaban J connectivity index is 2.36. The van der Waals surface area contributed by atoms with Gasteiger partial charge < -0.3 is 9.84 Å². The summed E-state index contributed by atoms with van der Waals surface area (Å²) >= 11 is 0. The van der Waals surface area contributed by atoms with Crippen LogP contribution in [0.2, 0.25) is 0 Å². The van der Waals surface area contributed by atoms with Crippen molar-refractivity contribution in [3.63, 3.8) is 0 Å². The Labute approximate surface area is 98.0 Å². The molecule has 0 fully saturated rings. The maximum Gasteiger partial charge on any atom is 0.214 e. The van der Waals surface area contributed by atoms with Gasteiger partial charge in [-0.3, -0.25) is 0 Å². The van der Waals surface area contributed by atoms with Crippen LogP contribution in [0.4, 0.5) is 0 Å². The van der Waals surface area contributed by atoms with E-state index in [0.717, 1.165) is 0 Å². The zero-order valence-electron chi connectivity index (χ0n) is 8.62. The number of ether oxygens (including phenoxy) is 1. The van der Waals surface area contributed by atoms with Crippen LogP contribution in [-0.2, 0) is 9.84 Å². The number of fused-ring (bicyclic) bond motifs is 2. The lowest BCUT2D eigenvalue weighted by Crippen LogP contribution is -2.10. The molecule has 0 aliphatic carbocycles. The van der Waals surface area contributed by atoms with Crippen molar-refractivity contribution in [1.29, 1.82) is 0 Å². The van der Waals surface area contributed by atoms with Crippen LogP contribution in [0.1, 0.15) is 0 Å². The Morgan fingerprint density at radius 2 is 1.65 bits per heavy atom. The Bertz CT molecular complexity index is 704. The average molecular weight is 248 g/mol. The lowest BCUT2D eigenvalue weighted by Gasteiger charge is -2.19. The summed E-state index contributed by atoms with van der Waals surface area (Å²) in [6.07, 6.45) is 0. The molecule has 86 valence electrons. The first-order valence-electron chi connectivity index (χ1n) is 4.94. The summed E-state index contributed by atoms with van der Waals surface area (Å²) < 4.78 is 30.0. The number of phenols is 1. The topological polar surface area (TPSA) is 63.6 Å². The lowest BCUT2D eigenvalue weighted by molar-refractivity contribution is 0.434. The summed E-state index contributed by atoms with van der Waals surface area (Å²) in [6.45, 7) is 0. The summed E-state index contributed by atoms with van der Waals surface area (Å²) in [4.78, 5) is 0.120. The van der Waals surface area contributed by atoms with E-state index in [4.69, 9.17) is 4.74 Å². The van der Waals surface area contributed by atoms with E-state index in [0.29, 0.717) is 5.75 Å². The Morgan fingerprint density at radius 1 is 0.941 bits per heavy atom. The molecular formula is C12H8O4S. The van der Waals surface area contributed by atoms with Gasteiger partial charge in [-0.05, 0) is 24.3 Å². The van der Waals surface area contributed by atoms with Gasteiger partial charge in [-0.25, -0.2) is 8.42 Å². The van der Waals surface area contributed by atoms with E-state index in [1.807, 2.05) is 0 Å². The van der Waals surface area contributed by atoms with Gasteiger partial charge in [-0.15, -0.1) is 0 Å². The summed E-state index contributed by atoms with van der Waals surface area (Å²) in [5.41, 5.74) is 0. The molecule has 0 aromatic heterocycles. The lowest BCUT2D eigenvalue weighted by atomic mass is 10.3. The quantitative estimate of drug-likeness (QED) is 0.663. The maximum absolute atomic E-state index is 12.3. The minimum Gasteiger partial charge on any atom is -0.508 e. The van der Waals surface area contributed by atoms with Crippen LogP contribution in [0.3, 0.4) is 0 Å². The Hall–Kier alpha value is -2.01. The molecular weight excluding hydrogens is 240 g/mol. The van der Waals surface area contributed by atoms with E-state index in [9.17, 15) is 13.5 Å². The van der Waals surface area contributed by atoms with Crippen LogP contribution in [-0.4, -0.2) is 13.5 Å². The smallest absolute Gasteiger partial charge is 0.214 e. The van der Waals surface area contributed by atoms with Gasteiger partial charge in [0, 0.05) is 6.07 Å². The zero-order valence-corrected chi connectivity index (χ0v) is 9.44. The highest BCUT2D eigenvalue weighted by Crippen LogP contribution is 2.43. The minimum absolute atomic E-state index is 0.00352. The molecule has 1 aliphatic rings.